The molecule has 0 atom stereocenters. The summed E-state index contributed by atoms with van der Waals surface area (Å²) in [6.07, 6.45) is -1.38. The largest absolute Gasteiger partial charge is 0.481 e. The topological polar surface area (TPSA) is 112 Å². The second-order valence-corrected chi connectivity index (χ2v) is 3.76. The molecule has 6 nitrogen and oxygen atoms in total. The SMILES string of the molecule is CC(C)C(CC(=O)O)(CC(=O)O)C(=O)O. The van der Waals surface area contributed by atoms with Gasteiger partial charge in [-0.25, -0.2) is 0 Å². The minimum Gasteiger partial charge on any atom is -0.481 e. The smallest absolute Gasteiger partial charge is 0.311 e. The molecule has 0 saturated heterocycles. The molecule has 0 aliphatic rings. The number of rotatable bonds is 6. The van der Waals surface area contributed by atoms with Gasteiger partial charge in [0, 0.05) is 0 Å². The van der Waals surface area contributed by atoms with E-state index >= 15 is 0 Å². The summed E-state index contributed by atoms with van der Waals surface area (Å²) in [5.41, 5.74) is -1.74. The van der Waals surface area contributed by atoms with Gasteiger partial charge in [-0.2, -0.15) is 0 Å². The average Bonchev–Trinajstić information content (AvgIpc) is 1.99. The summed E-state index contributed by atoms with van der Waals surface area (Å²) in [4.78, 5) is 32.1. The van der Waals surface area contributed by atoms with Gasteiger partial charge in [-0.05, 0) is 5.92 Å². The minimum atomic E-state index is -1.74. The van der Waals surface area contributed by atoms with E-state index in [9.17, 15) is 14.4 Å². The van der Waals surface area contributed by atoms with Crippen LogP contribution in [0.4, 0.5) is 0 Å². The molecule has 0 heterocycles. The Balaban J connectivity index is 5.16. The molecule has 6 heteroatoms. The molecule has 0 saturated carbocycles. The van der Waals surface area contributed by atoms with Gasteiger partial charge >= 0.3 is 17.9 Å². The van der Waals surface area contributed by atoms with Crippen molar-refractivity contribution in [1.29, 1.82) is 0 Å². The van der Waals surface area contributed by atoms with E-state index in [0.29, 0.717) is 0 Å². The van der Waals surface area contributed by atoms with E-state index in [1.807, 2.05) is 0 Å². The van der Waals surface area contributed by atoms with Crippen molar-refractivity contribution in [3.63, 3.8) is 0 Å². The van der Waals surface area contributed by atoms with Gasteiger partial charge in [0.05, 0.1) is 18.3 Å². The van der Waals surface area contributed by atoms with Gasteiger partial charge in [0.25, 0.3) is 0 Å². The molecule has 0 aliphatic carbocycles. The van der Waals surface area contributed by atoms with Crippen molar-refractivity contribution in [2.24, 2.45) is 11.3 Å². The molecule has 0 unspecified atom stereocenters. The quantitative estimate of drug-likeness (QED) is 0.603. The molecule has 0 spiro atoms. The Morgan fingerprint density at radius 1 is 1.00 bits per heavy atom. The third-order valence-corrected chi connectivity index (χ3v) is 2.46. The summed E-state index contributed by atoms with van der Waals surface area (Å²) >= 11 is 0. The van der Waals surface area contributed by atoms with Crippen LogP contribution in [-0.2, 0) is 14.4 Å². The van der Waals surface area contributed by atoms with Gasteiger partial charge in [-0.3, -0.25) is 14.4 Å². The van der Waals surface area contributed by atoms with Crippen molar-refractivity contribution in [2.75, 3.05) is 0 Å². The maximum absolute atomic E-state index is 11.0. The Kier molecular flexibility index (Phi) is 4.26. The summed E-state index contributed by atoms with van der Waals surface area (Å²) in [6.45, 7) is 3.00. The maximum atomic E-state index is 11.0. The van der Waals surface area contributed by atoms with Crippen molar-refractivity contribution in [3.05, 3.63) is 0 Å². The van der Waals surface area contributed by atoms with Crippen LogP contribution in [0, 0.1) is 11.3 Å². The predicted molar refractivity (Wildman–Crippen MR) is 49.4 cm³/mol. The zero-order valence-corrected chi connectivity index (χ0v) is 8.56. The third kappa shape index (κ3) is 3.23. The lowest BCUT2D eigenvalue weighted by Gasteiger charge is -2.30. The molecule has 0 aromatic rings. The fourth-order valence-electron chi connectivity index (χ4n) is 1.41. The van der Waals surface area contributed by atoms with Crippen molar-refractivity contribution >= 4 is 17.9 Å². The standard InChI is InChI=1S/C9H14O6/c1-5(2)9(8(14)15,3-6(10)11)4-7(12)13/h5H,3-4H2,1-2H3,(H,10,11)(H,12,13)(H,14,15). The van der Waals surface area contributed by atoms with Crippen LogP contribution in [0.1, 0.15) is 26.7 Å². The number of aliphatic carboxylic acids is 3. The van der Waals surface area contributed by atoms with E-state index in [4.69, 9.17) is 15.3 Å². The molecule has 15 heavy (non-hydrogen) atoms. The molecular formula is C9H14O6. The lowest BCUT2D eigenvalue weighted by atomic mass is 9.72. The Morgan fingerprint density at radius 2 is 1.33 bits per heavy atom. The monoisotopic (exact) mass is 218 g/mol. The highest BCUT2D eigenvalue weighted by Gasteiger charge is 2.45. The number of hydrogen-bond donors (Lipinski definition) is 3. The minimum absolute atomic E-state index is 0.567. The zero-order valence-electron chi connectivity index (χ0n) is 8.56. The van der Waals surface area contributed by atoms with Gasteiger partial charge in [-0.15, -0.1) is 0 Å². The zero-order chi connectivity index (χ0) is 12.2. The number of carbonyl (C=O) groups is 3. The van der Waals surface area contributed by atoms with Gasteiger partial charge < -0.3 is 15.3 Å². The van der Waals surface area contributed by atoms with E-state index in [2.05, 4.69) is 0 Å². The Labute approximate surface area is 86.5 Å². The lowest BCUT2D eigenvalue weighted by Crippen LogP contribution is -2.40. The van der Waals surface area contributed by atoms with E-state index in [-0.39, 0.29) is 0 Å². The van der Waals surface area contributed by atoms with Crippen molar-refractivity contribution in [1.82, 2.24) is 0 Å². The van der Waals surface area contributed by atoms with Gasteiger partial charge in [0.1, 0.15) is 0 Å². The van der Waals surface area contributed by atoms with E-state index < -0.39 is 42.1 Å². The summed E-state index contributed by atoms with van der Waals surface area (Å²) in [5, 5.41) is 26.2. The van der Waals surface area contributed by atoms with Crippen LogP contribution in [0.25, 0.3) is 0 Å². The molecular weight excluding hydrogens is 204 g/mol. The summed E-state index contributed by atoms with van der Waals surface area (Å²) in [7, 11) is 0. The first-order valence-electron chi connectivity index (χ1n) is 4.39. The molecule has 0 fully saturated rings. The van der Waals surface area contributed by atoms with E-state index in [1.165, 1.54) is 13.8 Å². The molecule has 0 aliphatic heterocycles. The van der Waals surface area contributed by atoms with Crippen LogP contribution in [0.3, 0.4) is 0 Å². The molecule has 0 aromatic heterocycles. The second kappa shape index (κ2) is 4.77. The third-order valence-electron chi connectivity index (χ3n) is 2.46. The van der Waals surface area contributed by atoms with Gasteiger partial charge in [0.15, 0.2) is 0 Å². The second-order valence-electron chi connectivity index (χ2n) is 3.76. The number of carboxylic acids is 3. The summed E-state index contributed by atoms with van der Waals surface area (Å²) in [6, 6.07) is 0. The van der Waals surface area contributed by atoms with Crippen LogP contribution in [0.2, 0.25) is 0 Å². The van der Waals surface area contributed by atoms with Crippen LogP contribution in [0.15, 0.2) is 0 Å². The molecule has 0 amide bonds. The highest BCUT2D eigenvalue weighted by molar-refractivity contribution is 5.86. The molecule has 3 N–H and O–H groups in total. The van der Waals surface area contributed by atoms with Crippen molar-refractivity contribution in [2.45, 2.75) is 26.7 Å². The number of hydrogen-bond acceptors (Lipinski definition) is 3. The first-order valence-corrected chi connectivity index (χ1v) is 4.39. The molecule has 0 radical (unpaired) electrons. The fourth-order valence-corrected chi connectivity index (χ4v) is 1.41. The Hall–Kier alpha value is -1.59. The average molecular weight is 218 g/mol. The molecule has 0 rings (SSSR count). The van der Waals surface area contributed by atoms with Crippen LogP contribution >= 0.6 is 0 Å². The molecule has 86 valence electrons. The molecule has 0 bridgehead atoms. The van der Waals surface area contributed by atoms with E-state index in [1.54, 1.807) is 0 Å². The summed E-state index contributed by atoms with van der Waals surface area (Å²) < 4.78 is 0. The highest BCUT2D eigenvalue weighted by atomic mass is 16.4. The van der Waals surface area contributed by atoms with Crippen LogP contribution in [0.5, 0.6) is 0 Å². The molecule has 0 aromatic carbocycles. The fraction of sp³-hybridized carbons (Fsp3) is 0.667. The van der Waals surface area contributed by atoms with E-state index in [0.717, 1.165) is 0 Å². The Bertz CT molecular complexity index is 264. The van der Waals surface area contributed by atoms with Crippen LogP contribution < -0.4 is 0 Å². The Morgan fingerprint density at radius 3 is 1.47 bits per heavy atom. The number of carboxylic acid groups (broad SMARTS) is 3. The lowest BCUT2D eigenvalue weighted by molar-refractivity contribution is -0.164. The van der Waals surface area contributed by atoms with Gasteiger partial charge in [0.2, 0.25) is 0 Å². The van der Waals surface area contributed by atoms with Crippen LogP contribution in [-0.4, -0.2) is 33.2 Å². The van der Waals surface area contributed by atoms with Crippen molar-refractivity contribution in [3.8, 4) is 0 Å². The summed E-state index contributed by atoms with van der Waals surface area (Å²) in [5.74, 6) is -4.58. The normalized spacial score (nSPS) is 11.4. The van der Waals surface area contributed by atoms with Gasteiger partial charge in [-0.1, -0.05) is 13.8 Å². The highest BCUT2D eigenvalue weighted by Crippen LogP contribution is 2.35. The maximum Gasteiger partial charge on any atom is 0.311 e. The van der Waals surface area contributed by atoms with Crippen molar-refractivity contribution < 1.29 is 29.7 Å². The first-order chi connectivity index (χ1) is 6.72. The predicted octanol–water partition coefficient (Wildman–Crippen LogP) is 0.663. The first kappa shape index (κ1) is 13.4.